The number of fused-ring (bicyclic) bond motifs is 1. The van der Waals surface area contributed by atoms with Crippen molar-refractivity contribution >= 4 is 16.7 Å². The average Bonchev–Trinajstić information content (AvgIpc) is 2.37. The summed E-state index contributed by atoms with van der Waals surface area (Å²) >= 11 is 0. The van der Waals surface area contributed by atoms with Crippen LogP contribution in [0.25, 0.3) is 10.8 Å². The van der Waals surface area contributed by atoms with Gasteiger partial charge in [-0.3, -0.25) is 9.69 Å². The maximum atomic E-state index is 11.1. The monoisotopic (exact) mass is 242 g/mol. The second-order valence-electron chi connectivity index (χ2n) is 4.67. The van der Waals surface area contributed by atoms with Gasteiger partial charge in [0.15, 0.2) is 0 Å². The lowest BCUT2D eigenvalue weighted by molar-refractivity contribution is -0.122. The Bertz CT molecular complexity index is 565. The smallest absolute Gasteiger partial charge is 0.234 e. The van der Waals surface area contributed by atoms with Crippen molar-refractivity contribution in [2.45, 2.75) is 19.5 Å². The molecule has 3 heteroatoms. The van der Waals surface area contributed by atoms with Gasteiger partial charge in [0.2, 0.25) is 5.91 Å². The highest BCUT2D eigenvalue weighted by atomic mass is 16.1. The molecular weight excluding hydrogens is 224 g/mol. The van der Waals surface area contributed by atoms with Crippen molar-refractivity contribution < 1.29 is 4.79 Å². The summed E-state index contributed by atoms with van der Waals surface area (Å²) in [6.07, 6.45) is 0. The number of carbonyl (C=O) groups is 1. The van der Waals surface area contributed by atoms with E-state index in [-0.39, 0.29) is 11.9 Å². The van der Waals surface area contributed by atoms with Crippen molar-refractivity contribution in [1.82, 2.24) is 4.90 Å². The third-order valence-corrected chi connectivity index (χ3v) is 3.32. The molecule has 0 unspecified atom stereocenters. The van der Waals surface area contributed by atoms with Crippen LogP contribution < -0.4 is 5.73 Å². The molecule has 0 aliphatic rings. The minimum atomic E-state index is -0.293. The molecule has 0 saturated heterocycles. The molecule has 3 nitrogen and oxygen atoms in total. The van der Waals surface area contributed by atoms with Crippen molar-refractivity contribution in [3.8, 4) is 0 Å². The van der Waals surface area contributed by atoms with E-state index in [0.29, 0.717) is 0 Å². The van der Waals surface area contributed by atoms with Crippen LogP contribution in [0.3, 0.4) is 0 Å². The molecule has 0 bridgehead atoms. The second-order valence-corrected chi connectivity index (χ2v) is 4.67. The molecule has 0 spiro atoms. The summed E-state index contributed by atoms with van der Waals surface area (Å²) in [6.45, 7) is 2.54. The largest absolute Gasteiger partial charge is 0.368 e. The second kappa shape index (κ2) is 5.19. The van der Waals surface area contributed by atoms with E-state index >= 15 is 0 Å². The zero-order valence-electron chi connectivity index (χ0n) is 10.8. The van der Waals surface area contributed by atoms with E-state index in [1.807, 2.05) is 31.0 Å². The fourth-order valence-corrected chi connectivity index (χ4v) is 1.98. The summed E-state index contributed by atoms with van der Waals surface area (Å²) in [5, 5.41) is 2.45. The number of hydrogen-bond acceptors (Lipinski definition) is 2. The van der Waals surface area contributed by atoms with Crippen LogP contribution in [-0.2, 0) is 11.3 Å². The Morgan fingerprint density at radius 2 is 1.89 bits per heavy atom. The highest BCUT2D eigenvalue weighted by molar-refractivity contribution is 5.83. The van der Waals surface area contributed by atoms with Gasteiger partial charge in [-0.1, -0.05) is 36.4 Å². The predicted octanol–water partition coefficient (Wildman–Crippen LogP) is 2.15. The number of carbonyl (C=O) groups excluding carboxylic acids is 1. The lowest BCUT2D eigenvalue weighted by Gasteiger charge is -2.22. The summed E-state index contributed by atoms with van der Waals surface area (Å²) in [7, 11) is 1.91. The van der Waals surface area contributed by atoms with Gasteiger partial charge >= 0.3 is 0 Å². The average molecular weight is 242 g/mol. The number of likely N-dealkylation sites (N-methyl/N-ethyl adjacent to an activating group) is 1. The van der Waals surface area contributed by atoms with Crippen molar-refractivity contribution in [1.29, 1.82) is 0 Å². The topological polar surface area (TPSA) is 46.3 Å². The van der Waals surface area contributed by atoms with Gasteiger partial charge in [0.1, 0.15) is 0 Å². The van der Waals surface area contributed by atoms with Crippen molar-refractivity contribution in [3.05, 3.63) is 48.0 Å². The van der Waals surface area contributed by atoms with E-state index in [1.165, 1.54) is 16.3 Å². The Morgan fingerprint density at radius 1 is 1.22 bits per heavy atom. The first-order valence-corrected chi connectivity index (χ1v) is 6.05. The third kappa shape index (κ3) is 2.68. The molecule has 0 aliphatic carbocycles. The molecule has 18 heavy (non-hydrogen) atoms. The Morgan fingerprint density at radius 3 is 2.56 bits per heavy atom. The van der Waals surface area contributed by atoms with Crippen LogP contribution in [0, 0.1) is 0 Å². The van der Waals surface area contributed by atoms with Gasteiger partial charge in [0.25, 0.3) is 0 Å². The van der Waals surface area contributed by atoms with Crippen LogP contribution in [-0.4, -0.2) is 23.9 Å². The summed E-state index contributed by atoms with van der Waals surface area (Å²) in [6, 6.07) is 14.3. The number of rotatable bonds is 4. The molecule has 1 amide bonds. The molecule has 0 aliphatic heterocycles. The molecule has 94 valence electrons. The molecule has 0 radical (unpaired) electrons. The molecule has 0 saturated carbocycles. The highest BCUT2D eigenvalue weighted by Gasteiger charge is 2.14. The SMILES string of the molecule is C[C@H](C(N)=O)N(C)Cc1ccc2ccccc2c1. The van der Waals surface area contributed by atoms with Gasteiger partial charge in [0, 0.05) is 6.54 Å². The molecule has 2 N–H and O–H groups in total. The van der Waals surface area contributed by atoms with Gasteiger partial charge in [-0.25, -0.2) is 0 Å². The first-order valence-electron chi connectivity index (χ1n) is 6.05. The van der Waals surface area contributed by atoms with E-state index in [9.17, 15) is 4.79 Å². The van der Waals surface area contributed by atoms with Crippen LogP contribution in [0.4, 0.5) is 0 Å². The van der Waals surface area contributed by atoms with Crippen LogP contribution in [0.2, 0.25) is 0 Å². The van der Waals surface area contributed by atoms with E-state index < -0.39 is 0 Å². The molecule has 2 aromatic rings. The van der Waals surface area contributed by atoms with E-state index in [1.54, 1.807) is 0 Å². The third-order valence-electron chi connectivity index (χ3n) is 3.32. The lowest BCUT2D eigenvalue weighted by atomic mass is 10.1. The molecule has 2 aromatic carbocycles. The van der Waals surface area contributed by atoms with E-state index in [0.717, 1.165) is 6.54 Å². The maximum absolute atomic E-state index is 11.1. The summed E-state index contributed by atoms with van der Waals surface area (Å²) in [5.41, 5.74) is 6.49. The summed E-state index contributed by atoms with van der Waals surface area (Å²) < 4.78 is 0. The van der Waals surface area contributed by atoms with Crippen LogP contribution in [0.5, 0.6) is 0 Å². The fraction of sp³-hybridized carbons (Fsp3) is 0.267. The number of benzene rings is 2. The first-order chi connectivity index (χ1) is 8.58. The van der Waals surface area contributed by atoms with Crippen molar-refractivity contribution in [3.63, 3.8) is 0 Å². The zero-order valence-corrected chi connectivity index (χ0v) is 10.8. The minimum Gasteiger partial charge on any atom is -0.368 e. The summed E-state index contributed by atoms with van der Waals surface area (Å²) in [4.78, 5) is 13.1. The van der Waals surface area contributed by atoms with Gasteiger partial charge in [-0.05, 0) is 36.4 Å². The molecule has 0 aromatic heterocycles. The number of amides is 1. The molecule has 0 fully saturated rings. The fourth-order valence-electron chi connectivity index (χ4n) is 1.98. The molecular formula is C15H18N2O. The van der Waals surface area contributed by atoms with Crippen molar-refractivity contribution in [2.75, 3.05) is 7.05 Å². The highest BCUT2D eigenvalue weighted by Crippen LogP contribution is 2.17. The summed E-state index contributed by atoms with van der Waals surface area (Å²) in [5.74, 6) is -0.293. The van der Waals surface area contributed by atoms with E-state index in [2.05, 4.69) is 30.3 Å². The molecule has 1 atom stereocenters. The predicted molar refractivity (Wildman–Crippen MR) is 74.1 cm³/mol. The van der Waals surface area contributed by atoms with Crippen LogP contribution in [0.15, 0.2) is 42.5 Å². The Kier molecular flexibility index (Phi) is 3.63. The van der Waals surface area contributed by atoms with Gasteiger partial charge in [0.05, 0.1) is 6.04 Å². The van der Waals surface area contributed by atoms with Crippen LogP contribution in [0.1, 0.15) is 12.5 Å². The zero-order chi connectivity index (χ0) is 13.1. The Labute approximate surface area is 107 Å². The number of nitrogens with two attached hydrogens (primary N) is 1. The van der Waals surface area contributed by atoms with Gasteiger partial charge in [-0.15, -0.1) is 0 Å². The molecule has 2 rings (SSSR count). The van der Waals surface area contributed by atoms with Gasteiger partial charge in [-0.2, -0.15) is 0 Å². The number of nitrogens with zero attached hydrogens (tertiary/aromatic N) is 1. The standard InChI is InChI=1S/C15H18N2O/c1-11(15(16)18)17(2)10-12-7-8-13-5-3-4-6-14(13)9-12/h3-9,11H,10H2,1-2H3,(H2,16,18)/t11-/m1/s1. The Balaban J connectivity index is 2.19. The van der Waals surface area contributed by atoms with Crippen LogP contribution >= 0.6 is 0 Å². The normalized spacial score (nSPS) is 12.8. The Hall–Kier alpha value is -1.87. The number of hydrogen-bond donors (Lipinski definition) is 1. The lowest BCUT2D eigenvalue weighted by Crippen LogP contribution is -2.39. The quantitative estimate of drug-likeness (QED) is 0.893. The first kappa shape index (κ1) is 12.6. The number of primary amides is 1. The van der Waals surface area contributed by atoms with Crippen molar-refractivity contribution in [2.24, 2.45) is 5.73 Å². The minimum absolute atomic E-state index is 0.253. The van der Waals surface area contributed by atoms with Gasteiger partial charge < -0.3 is 5.73 Å². The van der Waals surface area contributed by atoms with E-state index in [4.69, 9.17) is 5.73 Å². The molecule has 0 heterocycles. The maximum Gasteiger partial charge on any atom is 0.234 e.